The Kier molecular flexibility index (Phi) is 9.65. The van der Waals surface area contributed by atoms with Crippen LogP contribution in [-0.2, 0) is 17.9 Å². The lowest BCUT2D eigenvalue weighted by atomic mass is 9.90. The number of amides is 1. The van der Waals surface area contributed by atoms with Crippen LogP contribution in [0.15, 0.2) is 72.8 Å². The van der Waals surface area contributed by atoms with E-state index in [9.17, 15) is 14.7 Å². The minimum Gasteiger partial charge on any atom is -0.489 e. The van der Waals surface area contributed by atoms with Gasteiger partial charge in [0, 0.05) is 11.4 Å². The third kappa shape index (κ3) is 6.92. The van der Waals surface area contributed by atoms with E-state index < -0.39 is 5.97 Å². The third-order valence-electron chi connectivity index (χ3n) is 7.21. The molecule has 210 valence electrons. The Labute approximate surface area is 237 Å². The second-order valence-corrected chi connectivity index (χ2v) is 10.8. The molecule has 0 bridgehead atoms. The topological polar surface area (TPSA) is 80.6 Å². The molecule has 40 heavy (non-hydrogen) atoms. The zero-order chi connectivity index (χ0) is 28.6. The number of hydrogen-bond acceptors (Lipinski definition) is 3. The lowest BCUT2D eigenvalue weighted by Gasteiger charge is -2.18. The number of fused-ring (bicyclic) bond motifs is 1. The first-order chi connectivity index (χ1) is 19.3. The van der Waals surface area contributed by atoms with Gasteiger partial charge < -0.3 is 19.7 Å². The van der Waals surface area contributed by atoms with Crippen LogP contribution in [0.3, 0.4) is 0 Å². The highest BCUT2D eigenvalue weighted by molar-refractivity contribution is 5.99. The summed E-state index contributed by atoms with van der Waals surface area (Å²) >= 11 is 0. The zero-order valence-corrected chi connectivity index (χ0v) is 23.9. The van der Waals surface area contributed by atoms with Gasteiger partial charge in [0.05, 0.1) is 16.8 Å². The number of ether oxygens (including phenoxy) is 1. The summed E-state index contributed by atoms with van der Waals surface area (Å²) in [5.74, 6) is -0.108. The van der Waals surface area contributed by atoms with Crippen molar-refractivity contribution in [2.45, 2.75) is 78.5 Å². The van der Waals surface area contributed by atoms with E-state index >= 15 is 0 Å². The van der Waals surface area contributed by atoms with Crippen molar-refractivity contribution < 1.29 is 19.4 Å². The molecule has 1 unspecified atom stereocenters. The summed E-state index contributed by atoms with van der Waals surface area (Å²) in [6.45, 7) is 8.88. The van der Waals surface area contributed by atoms with Crippen LogP contribution in [-0.4, -0.2) is 27.6 Å². The van der Waals surface area contributed by atoms with Crippen LogP contribution in [0.25, 0.3) is 22.2 Å². The Bertz CT molecular complexity index is 1440. The quantitative estimate of drug-likeness (QED) is 0.170. The van der Waals surface area contributed by atoms with Crippen LogP contribution in [0.4, 0.5) is 0 Å². The molecule has 0 aliphatic carbocycles. The zero-order valence-electron chi connectivity index (χ0n) is 23.9. The van der Waals surface area contributed by atoms with E-state index in [0.717, 1.165) is 64.7 Å². The van der Waals surface area contributed by atoms with Crippen LogP contribution in [0.1, 0.15) is 80.8 Å². The highest BCUT2D eigenvalue weighted by Gasteiger charge is 2.25. The number of hydrogen-bond donors (Lipinski definition) is 2. The van der Waals surface area contributed by atoms with Crippen LogP contribution >= 0.6 is 0 Å². The van der Waals surface area contributed by atoms with Crippen LogP contribution in [0, 0.1) is 0 Å². The van der Waals surface area contributed by atoms with Crippen molar-refractivity contribution in [3.05, 3.63) is 89.5 Å². The summed E-state index contributed by atoms with van der Waals surface area (Å²) in [6, 6.07) is 23.3. The fraction of sp³-hybridized carbons (Fsp3) is 0.353. The van der Waals surface area contributed by atoms with Crippen molar-refractivity contribution in [1.29, 1.82) is 0 Å². The van der Waals surface area contributed by atoms with Gasteiger partial charge in [0.25, 0.3) is 0 Å². The van der Waals surface area contributed by atoms with Gasteiger partial charge in [-0.25, -0.2) is 4.79 Å². The lowest BCUT2D eigenvalue weighted by molar-refractivity contribution is -0.122. The Hall–Kier alpha value is -4.06. The second kappa shape index (κ2) is 13.3. The molecule has 1 aromatic heterocycles. The SMILES string of the molecule is CCCCCC(C)c1c(-c2ccc(OCc3ccccc3)cc2)n(CC(=O)NC(C)C)c2cc(C(=O)O)ccc12. The van der Waals surface area contributed by atoms with Crippen molar-refractivity contribution in [1.82, 2.24) is 9.88 Å². The van der Waals surface area contributed by atoms with Gasteiger partial charge in [-0.1, -0.05) is 69.5 Å². The number of aromatic carboxylic acids is 1. The van der Waals surface area contributed by atoms with Crippen molar-refractivity contribution >= 4 is 22.8 Å². The molecule has 0 saturated carbocycles. The number of carbonyl (C=O) groups excluding carboxylic acids is 1. The minimum absolute atomic E-state index is 0.000779. The summed E-state index contributed by atoms with van der Waals surface area (Å²) in [5, 5.41) is 13.7. The maximum absolute atomic E-state index is 13.1. The van der Waals surface area contributed by atoms with Gasteiger partial charge >= 0.3 is 5.97 Å². The Morgan fingerprint density at radius 2 is 1.68 bits per heavy atom. The Balaban J connectivity index is 1.81. The monoisotopic (exact) mass is 540 g/mol. The average Bonchev–Trinajstić information content (AvgIpc) is 3.25. The van der Waals surface area contributed by atoms with E-state index in [1.54, 1.807) is 12.1 Å². The normalized spacial score (nSPS) is 12.0. The third-order valence-corrected chi connectivity index (χ3v) is 7.21. The van der Waals surface area contributed by atoms with Crippen molar-refractivity contribution in [3.63, 3.8) is 0 Å². The molecule has 0 aliphatic heterocycles. The molecule has 0 fully saturated rings. The van der Waals surface area contributed by atoms with Gasteiger partial charge in [0.2, 0.25) is 5.91 Å². The van der Waals surface area contributed by atoms with Gasteiger partial charge in [0.1, 0.15) is 18.9 Å². The molecule has 3 aromatic carbocycles. The predicted molar refractivity (Wildman–Crippen MR) is 161 cm³/mol. The summed E-state index contributed by atoms with van der Waals surface area (Å²) in [7, 11) is 0. The number of nitrogens with zero attached hydrogens (tertiary/aromatic N) is 1. The first-order valence-electron chi connectivity index (χ1n) is 14.2. The highest BCUT2D eigenvalue weighted by Crippen LogP contribution is 2.41. The highest BCUT2D eigenvalue weighted by atomic mass is 16.5. The van der Waals surface area contributed by atoms with Gasteiger partial charge in [0.15, 0.2) is 0 Å². The molecular formula is C34H40N2O4. The number of benzene rings is 3. The molecule has 1 heterocycles. The second-order valence-electron chi connectivity index (χ2n) is 10.8. The molecule has 2 N–H and O–H groups in total. The number of aromatic nitrogens is 1. The molecule has 6 heteroatoms. The summed E-state index contributed by atoms with van der Waals surface area (Å²) < 4.78 is 8.02. The molecule has 0 saturated heterocycles. The minimum atomic E-state index is -0.986. The molecule has 6 nitrogen and oxygen atoms in total. The Morgan fingerprint density at radius 3 is 2.33 bits per heavy atom. The molecule has 4 rings (SSSR count). The van der Waals surface area contributed by atoms with Gasteiger partial charge in [-0.05, 0) is 79.3 Å². The van der Waals surface area contributed by atoms with Crippen LogP contribution in [0.2, 0.25) is 0 Å². The summed E-state index contributed by atoms with van der Waals surface area (Å²) in [6.07, 6.45) is 4.42. The predicted octanol–water partition coefficient (Wildman–Crippen LogP) is 7.79. The van der Waals surface area contributed by atoms with E-state index in [1.165, 1.54) is 0 Å². The van der Waals surface area contributed by atoms with E-state index in [-0.39, 0.29) is 30.0 Å². The maximum atomic E-state index is 13.1. The first-order valence-corrected chi connectivity index (χ1v) is 14.2. The van der Waals surface area contributed by atoms with Crippen LogP contribution in [0.5, 0.6) is 5.75 Å². The van der Waals surface area contributed by atoms with Crippen LogP contribution < -0.4 is 10.1 Å². The molecule has 0 spiro atoms. The largest absolute Gasteiger partial charge is 0.489 e. The molecule has 4 aromatic rings. The molecule has 0 radical (unpaired) electrons. The number of rotatable bonds is 13. The molecule has 1 atom stereocenters. The number of carbonyl (C=O) groups is 2. The number of carboxylic acid groups (broad SMARTS) is 1. The lowest BCUT2D eigenvalue weighted by Crippen LogP contribution is -2.33. The average molecular weight is 541 g/mol. The van der Waals surface area contributed by atoms with Crippen molar-refractivity contribution in [3.8, 4) is 17.0 Å². The number of nitrogens with one attached hydrogen (secondary N) is 1. The molecule has 1 amide bonds. The van der Waals surface area contributed by atoms with Gasteiger partial charge in [-0.15, -0.1) is 0 Å². The van der Waals surface area contributed by atoms with Crippen molar-refractivity contribution in [2.24, 2.45) is 0 Å². The van der Waals surface area contributed by atoms with E-state index in [1.807, 2.05) is 79.1 Å². The standard InChI is InChI=1S/C34H40N2O4/c1-5-6-8-11-24(4)32-29-19-16-27(34(38)39)20-30(29)36(21-31(37)35-23(2)3)33(32)26-14-17-28(18-15-26)40-22-25-12-9-7-10-13-25/h7,9-10,12-20,23-24H,5-6,8,11,21-22H2,1-4H3,(H,35,37)(H,38,39). The molecular weight excluding hydrogens is 500 g/mol. The molecule has 0 aliphatic rings. The smallest absolute Gasteiger partial charge is 0.335 e. The number of unbranched alkanes of at least 4 members (excludes halogenated alkanes) is 2. The van der Waals surface area contributed by atoms with E-state index in [4.69, 9.17) is 4.74 Å². The fourth-order valence-corrected chi connectivity index (χ4v) is 5.29. The van der Waals surface area contributed by atoms with E-state index in [0.29, 0.717) is 6.61 Å². The number of carboxylic acids is 1. The fourth-order valence-electron chi connectivity index (χ4n) is 5.29. The summed E-state index contributed by atoms with van der Waals surface area (Å²) in [5.41, 5.74) is 5.14. The van der Waals surface area contributed by atoms with Gasteiger partial charge in [-0.3, -0.25) is 4.79 Å². The summed E-state index contributed by atoms with van der Waals surface area (Å²) in [4.78, 5) is 25.0. The first kappa shape index (κ1) is 28.9. The van der Waals surface area contributed by atoms with E-state index in [2.05, 4.69) is 19.2 Å². The Morgan fingerprint density at radius 1 is 0.950 bits per heavy atom. The maximum Gasteiger partial charge on any atom is 0.335 e. The van der Waals surface area contributed by atoms with Gasteiger partial charge in [-0.2, -0.15) is 0 Å². The van der Waals surface area contributed by atoms with Crippen molar-refractivity contribution in [2.75, 3.05) is 0 Å².